The summed E-state index contributed by atoms with van der Waals surface area (Å²) in [6.07, 6.45) is 0.756. The van der Waals surface area contributed by atoms with E-state index in [1.807, 2.05) is 4.90 Å². The number of aliphatic hydroxyl groups excluding tert-OH is 1. The second-order valence-corrected chi connectivity index (χ2v) is 3.83. The van der Waals surface area contributed by atoms with Gasteiger partial charge in [0, 0.05) is 26.3 Å². The lowest BCUT2D eigenvalue weighted by atomic mass is 10.3. The highest BCUT2D eigenvalue weighted by Gasteiger charge is 2.31. The van der Waals surface area contributed by atoms with Crippen LogP contribution >= 0.6 is 11.6 Å². The molecule has 2 heterocycles. The van der Waals surface area contributed by atoms with Gasteiger partial charge in [0.05, 0.1) is 6.10 Å². The predicted molar refractivity (Wildman–Crippen MR) is 56.1 cm³/mol. The van der Waals surface area contributed by atoms with Crippen molar-refractivity contribution in [3.63, 3.8) is 0 Å². The molecule has 6 heteroatoms. The summed E-state index contributed by atoms with van der Waals surface area (Å²) in [5.74, 6) is 0.716. The number of anilines is 1. The number of nitrogens with zero attached hydrogens (tertiary/aromatic N) is 3. The molecule has 1 saturated heterocycles. The molecule has 0 saturated carbocycles. The molecule has 2 rings (SSSR count). The zero-order chi connectivity index (χ0) is 10.8. The molecule has 0 spiro atoms. The molecule has 1 aliphatic rings. The number of ether oxygens (including phenoxy) is 1. The van der Waals surface area contributed by atoms with E-state index in [2.05, 4.69) is 9.97 Å². The standard InChI is InChI=1S/C9H12ClN3O2/c1-15-7-4-13(3-6(7)14)9-2-8(10)11-5-12-9/h2,5-7,14H,3-4H2,1H3/t6-,7-/m0/s1. The quantitative estimate of drug-likeness (QED) is 0.741. The molecular formula is C9H12ClN3O2. The van der Waals surface area contributed by atoms with Gasteiger partial charge in [-0.3, -0.25) is 0 Å². The van der Waals surface area contributed by atoms with Crippen LogP contribution in [0.2, 0.25) is 5.15 Å². The van der Waals surface area contributed by atoms with E-state index in [1.165, 1.54) is 6.33 Å². The van der Waals surface area contributed by atoms with E-state index >= 15 is 0 Å². The van der Waals surface area contributed by atoms with Crippen molar-refractivity contribution in [1.82, 2.24) is 9.97 Å². The molecule has 0 unspecified atom stereocenters. The van der Waals surface area contributed by atoms with Gasteiger partial charge in [-0.15, -0.1) is 0 Å². The fourth-order valence-corrected chi connectivity index (χ4v) is 1.81. The van der Waals surface area contributed by atoms with Gasteiger partial charge in [0.25, 0.3) is 0 Å². The maximum Gasteiger partial charge on any atom is 0.134 e. The van der Waals surface area contributed by atoms with Crippen LogP contribution < -0.4 is 4.90 Å². The summed E-state index contributed by atoms with van der Waals surface area (Å²) in [5, 5.41) is 10.0. The maximum atomic E-state index is 9.65. The highest BCUT2D eigenvalue weighted by molar-refractivity contribution is 6.29. The summed E-state index contributed by atoms with van der Waals surface area (Å²) >= 11 is 5.76. The van der Waals surface area contributed by atoms with Gasteiger partial charge in [-0.25, -0.2) is 9.97 Å². The van der Waals surface area contributed by atoms with Crippen molar-refractivity contribution in [2.24, 2.45) is 0 Å². The van der Waals surface area contributed by atoms with Crippen molar-refractivity contribution < 1.29 is 9.84 Å². The molecule has 0 aromatic carbocycles. The average Bonchev–Trinajstić information content (AvgIpc) is 2.60. The Labute approximate surface area is 92.7 Å². The van der Waals surface area contributed by atoms with Gasteiger partial charge in [-0.1, -0.05) is 11.6 Å². The summed E-state index contributed by atoms with van der Waals surface area (Å²) in [7, 11) is 1.59. The molecule has 82 valence electrons. The van der Waals surface area contributed by atoms with Crippen LogP contribution in [0.1, 0.15) is 0 Å². The Kier molecular flexibility index (Phi) is 3.04. The fourth-order valence-electron chi connectivity index (χ4n) is 1.67. The molecule has 1 aromatic rings. The number of aliphatic hydroxyl groups is 1. The third kappa shape index (κ3) is 2.19. The molecule has 0 radical (unpaired) electrons. The first-order chi connectivity index (χ1) is 7.20. The molecule has 15 heavy (non-hydrogen) atoms. The molecule has 2 atom stereocenters. The summed E-state index contributed by atoms with van der Waals surface area (Å²) in [4.78, 5) is 9.81. The van der Waals surface area contributed by atoms with E-state index < -0.39 is 6.10 Å². The first kappa shape index (κ1) is 10.6. The third-order valence-electron chi connectivity index (χ3n) is 2.48. The molecule has 0 bridgehead atoms. The van der Waals surface area contributed by atoms with E-state index in [9.17, 15) is 5.11 Å². The lowest BCUT2D eigenvalue weighted by molar-refractivity contribution is 0.0217. The van der Waals surface area contributed by atoms with Crippen molar-refractivity contribution in [3.8, 4) is 0 Å². The Bertz CT molecular complexity index is 350. The number of aromatic nitrogens is 2. The molecule has 5 nitrogen and oxygen atoms in total. The normalized spacial score (nSPS) is 25.9. The number of halogens is 1. The monoisotopic (exact) mass is 229 g/mol. The van der Waals surface area contributed by atoms with Crippen LogP contribution in [0.15, 0.2) is 12.4 Å². The van der Waals surface area contributed by atoms with Crippen molar-refractivity contribution in [1.29, 1.82) is 0 Å². The minimum absolute atomic E-state index is 0.168. The van der Waals surface area contributed by atoms with E-state index in [-0.39, 0.29) is 6.10 Å². The molecule has 0 amide bonds. The van der Waals surface area contributed by atoms with Crippen LogP contribution in [0.3, 0.4) is 0 Å². The average molecular weight is 230 g/mol. The van der Waals surface area contributed by atoms with Crippen LogP contribution in [0.25, 0.3) is 0 Å². The lowest BCUT2D eigenvalue weighted by Gasteiger charge is -2.15. The van der Waals surface area contributed by atoms with Crippen LogP contribution in [0.5, 0.6) is 0 Å². The molecule has 1 fully saturated rings. The van der Waals surface area contributed by atoms with Gasteiger partial charge in [0.1, 0.15) is 23.4 Å². The third-order valence-corrected chi connectivity index (χ3v) is 2.69. The second-order valence-electron chi connectivity index (χ2n) is 3.45. The molecule has 1 aliphatic heterocycles. The number of β-amino-alcohol motifs (C(OH)–C–C–N with tert-alkyl or cyclic N) is 1. The number of rotatable bonds is 2. The Morgan fingerprint density at radius 3 is 2.93 bits per heavy atom. The van der Waals surface area contributed by atoms with E-state index in [0.29, 0.717) is 24.1 Å². The van der Waals surface area contributed by atoms with Gasteiger partial charge in [-0.2, -0.15) is 0 Å². The van der Waals surface area contributed by atoms with Crippen LogP contribution in [-0.4, -0.2) is 47.5 Å². The van der Waals surface area contributed by atoms with Crippen LogP contribution in [0, 0.1) is 0 Å². The van der Waals surface area contributed by atoms with Crippen molar-refractivity contribution in [2.75, 3.05) is 25.1 Å². The van der Waals surface area contributed by atoms with Crippen LogP contribution in [-0.2, 0) is 4.74 Å². The number of hydrogen-bond donors (Lipinski definition) is 1. The lowest BCUT2D eigenvalue weighted by Crippen LogP contribution is -2.25. The minimum Gasteiger partial charge on any atom is -0.388 e. The van der Waals surface area contributed by atoms with Gasteiger partial charge in [-0.05, 0) is 0 Å². The number of hydrogen-bond acceptors (Lipinski definition) is 5. The van der Waals surface area contributed by atoms with Gasteiger partial charge < -0.3 is 14.7 Å². The van der Waals surface area contributed by atoms with E-state index in [0.717, 1.165) is 0 Å². The van der Waals surface area contributed by atoms with Gasteiger partial charge in [0.2, 0.25) is 0 Å². The van der Waals surface area contributed by atoms with Crippen molar-refractivity contribution in [3.05, 3.63) is 17.5 Å². The van der Waals surface area contributed by atoms with Crippen LogP contribution in [0.4, 0.5) is 5.82 Å². The summed E-state index contributed by atoms with van der Waals surface area (Å²) in [6.45, 7) is 1.12. The molecular weight excluding hydrogens is 218 g/mol. The topological polar surface area (TPSA) is 58.5 Å². The number of methoxy groups -OCH3 is 1. The Morgan fingerprint density at radius 2 is 2.33 bits per heavy atom. The Balaban J connectivity index is 2.13. The summed E-state index contributed by atoms with van der Waals surface area (Å²) in [5.41, 5.74) is 0. The Hall–Kier alpha value is -0.910. The highest BCUT2D eigenvalue weighted by Crippen LogP contribution is 2.21. The van der Waals surface area contributed by atoms with Crippen molar-refractivity contribution >= 4 is 17.4 Å². The predicted octanol–water partition coefficient (Wildman–Crippen LogP) is 0.326. The first-order valence-electron chi connectivity index (χ1n) is 4.64. The van der Waals surface area contributed by atoms with Gasteiger partial charge >= 0.3 is 0 Å². The maximum absolute atomic E-state index is 9.65. The second kappa shape index (κ2) is 4.30. The summed E-state index contributed by atoms with van der Waals surface area (Å²) < 4.78 is 5.14. The van der Waals surface area contributed by atoms with E-state index in [4.69, 9.17) is 16.3 Å². The highest BCUT2D eigenvalue weighted by atomic mass is 35.5. The van der Waals surface area contributed by atoms with E-state index in [1.54, 1.807) is 13.2 Å². The molecule has 0 aliphatic carbocycles. The largest absolute Gasteiger partial charge is 0.388 e. The van der Waals surface area contributed by atoms with Crippen molar-refractivity contribution in [2.45, 2.75) is 12.2 Å². The minimum atomic E-state index is -0.483. The zero-order valence-electron chi connectivity index (χ0n) is 8.30. The molecule has 1 N–H and O–H groups in total. The SMILES string of the molecule is CO[C@H]1CN(c2cc(Cl)ncn2)C[C@@H]1O. The summed E-state index contributed by atoms with van der Waals surface area (Å²) in [6, 6.07) is 1.67. The molecule has 1 aromatic heterocycles. The fraction of sp³-hybridized carbons (Fsp3) is 0.556. The smallest absolute Gasteiger partial charge is 0.134 e. The Morgan fingerprint density at radius 1 is 1.53 bits per heavy atom. The first-order valence-corrected chi connectivity index (χ1v) is 5.02. The van der Waals surface area contributed by atoms with Gasteiger partial charge in [0.15, 0.2) is 0 Å². The zero-order valence-corrected chi connectivity index (χ0v) is 9.05.